The van der Waals surface area contributed by atoms with Crippen LogP contribution in [0.4, 0.5) is 0 Å². The molecule has 0 aliphatic heterocycles. The third kappa shape index (κ3) is 4.31. The molecule has 1 amide bonds. The first-order valence-corrected chi connectivity index (χ1v) is 7.68. The molecule has 1 aromatic carbocycles. The van der Waals surface area contributed by atoms with Crippen LogP contribution < -0.4 is 5.32 Å². The number of hydrogen-bond acceptors (Lipinski definition) is 2. The quantitative estimate of drug-likeness (QED) is 0.898. The van der Waals surface area contributed by atoms with Crippen LogP contribution in [-0.2, 0) is 4.79 Å². The highest BCUT2D eigenvalue weighted by Gasteiger charge is 2.30. The van der Waals surface area contributed by atoms with Crippen LogP contribution in [0.5, 0.6) is 0 Å². The van der Waals surface area contributed by atoms with Crippen LogP contribution in [0.3, 0.4) is 0 Å². The van der Waals surface area contributed by atoms with Crippen LogP contribution in [-0.4, -0.2) is 23.0 Å². The van der Waals surface area contributed by atoms with Gasteiger partial charge >= 0.3 is 5.97 Å². The zero-order valence-corrected chi connectivity index (χ0v) is 12.5. The van der Waals surface area contributed by atoms with E-state index in [1.807, 2.05) is 19.1 Å². The van der Waals surface area contributed by atoms with Crippen molar-refractivity contribution in [1.29, 1.82) is 0 Å². The van der Waals surface area contributed by atoms with Crippen molar-refractivity contribution in [3.05, 3.63) is 35.4 Å². The molecule has 2 unspecified atom stereocenters. The van der Waals surface area contributed by atoms with Crippen molar-refractivity contribution in [3.63, 3.8) is 0 Å². The van der Waals surface area contributed by atoms with Crippen molar-refractivity contribution in [2.75, 3.05) is 0 Å². The van der Waals surface area contributed by atoms with Gasteiger partial charge in [0.15, 0.2) is 0 Å². The standard InChI is InChI=1S/C17H23NO3/c1-12-8-10-13(11-9-12)16(19)18-15-7-5-3-2-4-6-14(15)17(20)21/h8-11,14-15H,2-7H2,1H3,(H,18,19)(H,20,21). The van der Waals surface area contributed by atoms with Crippen molar-refractivity contribution in [3.8, 4) is 0 Å². The minimum absolute atomic E-state index is 0.174. The van der Waals surface area contributed by atoms with Crippen LogP contribution in [0.25, 0.3) is 0 Å². The molecule has 2 N–H and O–H groups in total. The van der Waals surface area contributed by atoms with E-state index in [1.165, 1.54) is 0 Å². The largest absolute Gasteiger partial charge is 0.481 e. The second-order valence-corrected chi connectivity index (χ2v) is 5.88. The van der Waals surface area contributed by atoms with Crippen molar-refractivity contribution in [2.45, 2.75) is 51.5 Å². The molecule has 0 heterocycles. The zero-order chi connectivity index (χ0) is 15.2. The Labute approximate surface area is 125 Å². The van der Waals surface area contributed by atoms with Crippen LogP contribution in [0.15, 0.2) is 24.3 Å². The van der Waals surface area contributed by atoms with E-state index in [4.69, 9.17) is 0 Å². The first-order valence-electron chi connectivity index (χ1n) is 7.68. The number of carbonyl (C=O) groups excluding carboxylic acids is 1. The van der Waals surface area contributed by atoms with Gasteiger partial charge in [0.1, 0.15) is 0 Å². The fourth-order valence-electron chi connectivity index (χ4n) is 2.91. The van der Waals surface area contributed by atoms with E-state index in [0.29, 0.717) is 12.0 Å². The minimum Gasteiger partial charge on any atom is -0.481 e. The summed E-state index contributed by atoms with van der Waals surface area (Å²) in [6, 6.07) is 7.08. The first kappa shape index (κ1) is 15.5. The average molecular weight is 289 g/mol. The van der Waals surface area contributed by atoms with E-state index >= 15 is 0 Å². The van der Waals surface area contributed by atoms with E-state index in [0.717, 1.165) is 37.7 Å². The van der Waals surface area contributed by atoms with Gasteiger partial charge in [0.25, 0.3) is 5.91 Å². The highest BCUT2D eigenvalue weighted by atomic mass is 16.4. The lowest BCUT2D eigenvalue weighted by Crippen LogP contribution is -2.43. The molecule has 0 aromatic heterocycles. The predicted molar refractivity (Wildman–Crippen MR) is 81.3 cm³/mol. The van der Waals surface area contributed by atoms with Crippen LogP contribution in [0.2, 0.25) is 0 Å². The van der Waals surface area contributed by atoms with Gasteiger partial charge in [-0.1, -0.05) is 43.4 Å². The third-order valence-electron chi connectivity index (χ3n) is 4.21. The molecule has 2 atom stereocenters. The molecular weight excluding hydrogens is 266 g/mol. The first-order chi connectivity index (χ1) is 10.1. The number of hydrogen-bond donors (Lipinski definition) is 2. The normalized spacial score (nSPS) is 22.9. The number of aryl methyl sites for hydroxylation is 1. The lowest BCUT2D eigenvalue weighted by atomic mass is 9.86. The summed E-state index contributed by atoms with van der Waals surface area (Å²) in [6.07, 6.45) is 5.49. The molecule has 2 rings (SSSR count). The van der Waals surface area contributed by atoms with Crippen molar-refractivity contribution in [1.82, 2.24) is 5.32 Å². The Morgan fingerprint density at radius 2 is 1.67 bits per heavy atom. The summed E-state index contributed by atoms with van der Waals surface area (Å²) in [7, 11) is 0. The Kier molecular flexibility index (Phi) is 5.37. The third-order valence-corrected chi connectivity index (χ3v) is 4.21. The van der Waals surface area contributed by atoms with Crippen LogP contribution in [0.1, 0.15) is 54.4 Å². The van der Waals surface area contributed by atoms with Gasteiger partial charge < -0.3 is 10.4 Å². The fraction of sp³-hybridized carbons (Fsp3) is 0.529. The minimum atomic E-state index is -0.800. The second kappa shape index (κ2) is 7.25. The molecule has 21 heavy (non-hydrogen) atoms. The molecule has 4 heteroatoms. The van der Waals surface area contributed by atoms with Gasteiger partial charge in [-0.05, 0) is 31.9 Å². The average Bonchev–Trinajstić information content (AvgIpc) is 2.42. The van der Waals surface area contributed by atoms with Crippen LogP contribution >= 0.6 is 0 Å². The maximum atomic E-state index is 12.3. The monoisotopic (exact) mass is 289 g/mol. The topological polar surface area (TPSA) is 66.4 Å². The molecule has 1 fully saturated rings. The van der Waals surface area contributed by atoms with Crippen molar-refractivity contribution in [2.24, 2.45) is 5.92 Å². The number of benzene rings is 1. The van der Waals surface area contributed by atoms with Gasteiger partial charge in [-0.2, -0.15) is 0 Å². The number of carboxylic acids is 1. The van der Waals surface area contributed by atoms with Crippen molar-refractivity contribution < 1.29 is 14.7 Å². The van der Waals surface area contributed by atoms with Gasteiger partial charge in [0.05, 0.1) is 5.92 Å². The Morgan fingerprint density at radius 3 is 2.29 bits per heavy atom. The maximum Gasteiger partial charge on any atom is 0.308 e. The lowest BCUT2D eigenvalue weighted by Gasteiger charge is -2.27. The lowest BCUT2D eigenvalue weighted by molar-refractivity contribution is -0.143. The molecule has 0 saturated heterocycles. The Hall–Kier alpha value is -1.84. The number of aliphatic carboxylic acids is 1. The van der Waals surface area contributed by atoms with E-state index in [2.05, 4.69) is 5.32 Å². The number of rotatable bonds is 3. The smallest absolute Gasteiger partial charge is 0.308 e. The molecule has 0 bridgehead atoms. The summed E-state index contributed by atoms with van der Waals surface area (Å²) in [4.78, 5) is 23.7. The van der Waals surface area contributed by atoms with Gasteiger partial charge in [0, 0.05) is 11.6 Å². The number of carbonyl (C=O) groups is 2. The second-order valence-electron chi connectivity index (χ2n) is 5.88. The maximum absolute atomic E-state index is 12.3. The molecule has 0 spiro atoms. The molecule has 0 radical (unpaired) electrons. The summed E-state index contributed by atoms with van der Waals surface area (Å²) in [5, 5.41) is 12.3. The van der Waals surface area contributed by atoms with Gasteiger partial charge in [-0.3, -0.25) is 9.59 Å². The number of nitrogens with one attached hydrogen (secondary N) is 1. The van der Waals surface area contributed by atoms with Crippen molar-refractivity contribution >= 4 is 11.9 Å². The zero-order valence-electron chi connectivity index (χ0n) is 12.5. The molecule has 4 nitrogen and oxygen atoms in total. The Balaban J connectivity index is 2.07. The highest BCUT2D eigenvalue weighted by molar-refractivity contribution is 5.94. The van der Waals surface area contributed by atoms with E-state index < -0.39 is 11.9 Å². The Morgan fingerprint density at radius 1 is 1.05 bits per heavy atom. The number of amides is 1. The molecule has 1 aromatic rings. The fourth-order valence-corrected chi connectivity index (χ4v) is 2.91. The van der Waals surface area contributed by atoms with E-state index in [9.17, 15) is 14.7 Å². The summed E-state index contributed by atoms with van der Waals surface area (Å²) >= 11 is 0. The molecule has 114 valence electrons. The molecule has 1 aliphatic carbocycles. The molecular formula is C17H23NO3. The summed E-state index contributed by atoms with van der Waals surface area (Å²) < 4.78 is 0. The van der Waals surface area contributed by atoms with Crippen LogP contribution in [0, 0.1) is 12.8 Å². The summed E-state index contributed by atoms with van der Waals surface area (Å²) in [5.74, 6) is -1.45. The van der Waals surface area contributed by atoms with Gasteiger partial charge in [-0.15, -0.1) is 0 Å². The molecule has 1 saturated carbocycles. The molecule has 1 aliphatic rings. The van der Waals surface area contributed by atoms with Gasteiger partial charge in [0.2, 0.25) is 0 Å². The Bertz CT molecular complexity index is 495. The predicted octanol–water partition coefficient (Wildman–Crippen LogP) is 3.15. The highest BCUT2D eigenvalue weighted by Crippen LogP contribution is 2.23. The number of carboxylic acid groups (broad SMARTS) is 1. The summed E-state index contributed by atoms with van der Waals surface area (Å²) in [5.41, 5.74) is 1.69. The SMILES string of the molecule is Cc1ccc(C(=O)NC2CCCCCCC2C(=O)O)cc1. The summed E-state index contributed by atoms with van der Waals surface area (Å²) in [6.45, 7) is 1.97. The van der Waals surface area contributed by atoms with Gasteiger partial charge in [-0.25, -0.2) is 0 Å². The van der Waals surface area contributed by atoms with E-state index in [1.54, 1.807) is 12.1 Å². The van der Waals surface area contributed by atoms with E-state index in [-0.39, 0.29) is 11.9 Å².